The van der Waals surface area contributed by atoms with Crippen LogP contribution in [-0.2, 0) is 9.47 Å². The molecule has 1 aliphatic rings. The van der Waals surface area contributed by atoms with Crippen LogP contribution in [0.25, 0.3) is 0 Å². The van der Waals surface area contributed by atoms with Gasteiger partial charge in [0.25, 0.3) is 0 Å². The first kappa shape index (κ1) is 25.0. The van der Waals surface area contributed by atoms with Gasteiger partial charge in [-0.05, 0) is 85.8 Å². The van der Waals surface area contributed by atoms with Gasteiger partial charge in [0, 0.05) is 18.8 Å². The largest absolute Gasteiger partial charge is 0.444 e. The summed E-state index contributed by atoms with van der Waals surface area (Å²) in [5.74, 6) is 0.548. The maximum atomic E-state index is 12.8. The molecule has 2 rings (SSSR count). The first-order valence-electron chi connectivity index (χ1n) is 11.3. The zero-order chi connectivity index (χ0) is 23.4. The number of hydrogen-bond donors (Lipinski definition) is 0. The number of piperidine rings is 1. The van der Waals surface area contributed by atoms with Gasteiger partial charge in [0.2, 0.25) is 0 Å². The number of pyridine rings is 1. The number of ether oxygens (including phenoxy) is 2. The molecule has 1 saturated heterocycles. The molecule has 0 bridgehead atoms. The third-order valence-corrected chi connectivity index (χ3v) is 5.15. The van der Waals surface area contributed by atoms with E-state index in [1.807, 2.05) is 67.5 Å². The molecule has 0 unspecified atom stereocenters. The maximum Gasteiger partial charge on any atom is 0.416 e. The van der Waals surface area contributed by atoms with Gasteiger partial charge in [-0.25, -0.2) is 14.6 Å². The summed E-state index contributed by atoms with van der Waals surface area (Å²) in [4.78, 5) is 33.5. The molecule has 0 aliphatic carbocycles. The van der Waals surface area contributed by atoms with Crippen molar-refractivity contribution in [2.24, 2.45) is 0 Å². The summed E-state index contributed by atoms with van der Waals surface area (Å²) in [7, 11) is 0. The third kappa shape index (κ3) is 7.11. The Balaban J connectivity index is 2.26. The summed E-state index contributed by atoms with van der Waals surface area (Å²) in [5, 5.41) is 0. The standard InChI is InChI=1S/C24H39N3O4/c1-9-17(2)27(22(29)31-24(6,7)8)20-14-13-18(16-25-20)19-12-10-11-15-26(19)21(28)30-23(3,4)5/h13-14,16-17,19H,9-12,15H2,1-8H3/t17-,19+/m0/s1. The normalized spacial score (nSPS) is 18.3. The molecule has 7 nitrogen and oxygen atoms in total. The van der Waals surface area contributed by atoms with Crippen LogP contribution in [0.3, 0.4) is 0 Å². The minimum atomic E-state index is -0.585. The summed E-state index contributed by atoms with van der Waals surface area (Å²) in [6, 6.07) is 3.66. The molecular formula is C24H39N3O4. The number of likely N-dealkylation sites (tertiary alicyclic amines) is 1. The van der Waals surface area contributed by atoms with E-state index in [4.69, 9.17) is 9.47 Å². The number of carbonyl (C=O) groups is 2. The molecule has 1 aromatic heterocycles. The average molecular weight is 434 g/mol. The van der Waals surface area contributed by atoms with Crippen molar-refractivity contribution in [2.45, 2.75) is 104 Å². The van der Waals surface area contributed by atoms with Gasteiger partial charge in [0.15, 0.2) is 0 Å². The predicted molar refractivity (Wildman–Crippen MR) is 122 cm³/mol. The summed E-state index contributed by atoms with van der Waals surface area (Å²) in [6.07, 6.45) is 4.71. The smallest absolute Gasteiger partial charge is 0.416 e. The molecule has 0 radical (unpaired) electrons. The van der Waals surface area contributed by atoms with E-state index in [9.17, 15) is 9.59 Å². The van der Waals surface area contributed by atoms with Crippen LogP contribution in [0, 0.1) is 0 Å². The Kier molecular flexibility index (Phi) is 7.95. The lowest BCUT2D eigenvalue weighted by Gasteiger charge is -2.37. The van der Waals surface area contributed by atoms with E-state index in [0.717, 1.165) is 31.2 Å². The van der Waals surface area contributed by atoms with Crippen molar-refractivity contribution in [1.29, 1.82) is 0 Å². The van der Waals surface area contributed by atoms with Gasteiger partial charge >= 0.3 is 12.2 Å². The zero-order valence-electron chi connectivity index (χ0n) is 20.4. The molecule has 0 spiro atoms. The number of rotatable bonds is 4. The Bertz CT molecular complexity index is 750. The Hall–Kier alpha value is -2.31. The summed E-state index contributed by atoms with van der Waals surface area (Å²) in [6.45, 7) is 15.8. The molecule has 0 N–H and O–H groups in total. The molecule has 2 heterocycles. The first-order valence-corrected chi connectivity index (χ1v) is 11.3. The average Bonchev–Trinajstić information content (AvgIpc) is 2.66. The van der Waals surface area contributed by atoms with Gasteiger partial charge < -0.3 is 14.4 Å². The molecule has 7 heteroatoms. The van der Waals surface area contributed by atoms with Crippen LogP contribution in [0.2, 0.25) is 0 Å². The summed E-state index contributed by atoms with van der Waals surface area (Å²) < 4.78 is 11.2. The minimum Gasteiger partial charge on any atom is -0.444 e. The van der Waals surface area contributed by atoms with Crippen LogP contribution in [-0.4, -0.2) is 45.9 Å². The topological polar surface area (TPSA) is 72.0 Å². The molecule has 0 aromatic carbocycles. The Labute approximate surface area is 187 Å². The van der Waals surface area contributed by atoms with Gasteiger partial charge in [-0.3, -0.25) is 4.90 Å². The lowest BCUT2D eigenvalue weighted by molar-refractivity contribution is 0.00947. The SMILES string of the molecule is CC[C@H](C)N(C(=O)OC(C)(C)C)c1ccc([C@H]2CCCCN2C(=O)OC(C)(C)C)cn1. The number of aromatic nitrogens is 1. The van der Waals surface area contributed by atoms with Gasteiger partial charge in [-0.15, -0.1) is 0 Å². The van der Waals surface area contributed by atoms with Crippen molar-refractivity contribution in [2.75, 3.05) is 11.4 Å². The molecule has 1 aliphatic heterocycles. The van der Waals surface area contributed by atoms with E-state index in [-0.39, 0.29) is 18.2 Å². The highest BCUT2D eigenvalue weighted by atomic mass is 16.6. The fourth-order valence-electron chi connectivity index (χ4n) is 3.55. The van der Waals surface area contributed by atoms with Crippen molar-refractivity contribution in [3.05, 3.63) is 23.9 Å². The van der Waals surface area contributed by atoms with E-state index in [1.165, 1.54) is 0 Å². The minimum absolute atomic E-state index is 0.0545. The molecule has 2 amide bonds. The van der Waals surface area contributed by atoms with Crippen LogP contribution in [0.5, 0.6) is 0 Å². The quantitative estimate of drug-likeness (QED) is 0.575. The lowest BCUT2D eigenvalue weighted by Crippen LogP contribution is -2.43. The number of amides is 2. The van der Waals surface area contributed by atoms with Gasteiger partial charge in [-0.1, -0.05) is 13.0 Å². The fourth-order valence-corrected chi connectivity index (χ4v) is 3.55. The van der Waals surface area contributed by atoms with Gasteiger partial charge in [0.1, 0.15) is 17.0 Å². The monoisotopic (exact) mass is 433 g/mol. The second-order valence-corrected chi connectivity index (χ2v) is 10.2. The van der Waals surface area contributed by atoms with Crippen LogP contribution < -0.4 is 4.90 Å². The van der Waals surface area contributed by atoms with Crippen LogP contribution in [0.4, 0.5) is 15.4 Å². The number of carbonyl (C=O) groups excluding carboxylic acids is 2. The Morgan fingerprint density at radius 3 is 2.29 bits per heavy atom. The number of anilines is 1. The molecule has 0 saturated carbocycles. The van der Waals surface area contributed by atoms with E-state index in [1.54, 1.807) is 16.0 Å². The van der Waals surface area contributed by atoms with E-state index >= 15 is 0 Å². The Morgan fingerprint density at radius 1 is 1.13 bits per heavy atom. The zero-order valence-corrected chi connectivity index (χ0v) is 20.4. The summed E-state index contributed by atoms with van der Waals surface area (Å²) >= 11 is 0. The summed E-state index contributed by atoms with van der Waals surface area (Å²) in [5.41, 5.74) is -0.174. The van der Waals surface area contributed by atoms with Gasteiger partial charge in [0.05, 0.1) is 6.04 Å². The van der Waals surface area contributed by atoms with Crippen molar-refractivity contribution in [3.8, 4) is 0 Å². The van der Waals surface area contributed by atoms with E-state index in [0.29, 0.717) is 12.4 Å². The second kappa shape index (κ2) is 9.88. The van der Waals surface area contributed by atoms with Crippen molar-refractivity contribution >= 4 is 18.0 Å². The maximum absolute atomic E-state index is 12.8. The van der Waals surface area contributed by atoms with Crippen molar-refractivity contribution in [3.63, 3.8) is 0 Å². The lowest BCUT2D eigenvalue weighted by atomic mass is 9.97. The van der Waals surface area contributed by atoms with Crippen molar-refractivity contribution < 1.29 is 19.1 Å². The molecule has 174 valence electrons. The fraction of sp³-hybridized carbons (Fsp3) is 0.708. The van der Waals surface area contributed by atoms with Crippen LogP contribution in [0.15, 0.2) is 18.3 Å². The van der Waals surface area contributed by atoms with Crippen LogP contribution in [0.1, 0.15) is 92.7 Å². The van der Waals surface area contributed by atoms with E-state index < -0.39 is 17.3 Å². The molecule has 31 heavy (non-hydrogen) atoms. The van der Waals surface area contributed by atoms with E-state index in [2.05, 4.69) is 4.98 Å². The number of hydrogen-bond acceptors (Lipinski definition) is 5. The number of nitrogens with zero attached hydrogens (tertiary/aromatic N) is 3. The molecule has 1 aromatic rings. The highest BCUT2D eigenvalue weighted by Crippen LogP contribution is 2.33. The van der Waals surface area contributed by atoms with Crippen LogP contribution >= 0.6 is 0 Å². The Morgan fingerprint density at radius 2 is 1.77 bits per heavy atom. The first-order chi connectivity index (χ1) is 14.3. The highest BCUT2D eigenvalue weighted by Gasteiger charge is 2.32. The molecule has 1 fully saturated rings. The predicted octanol–water partition coefficient (Wildman–Crippen LogP) is 6.08. The molecule has 2 atom stereocenters. The molecular weight excluding hydrogens is 394 g/mol. The van der Waals surface area contributed by atoms with Crippen molar-refractivity contribution in [1.82, 2.24) is 9.88 Å². The highest BCUT2D eigenvalue weighted by molar-refractivity contribution is 5.87. The second-order valence-electron chi connectivity index (χ2n) is 10.2. The van der Waals surface area contributed by atoms with Gasteiger partial charge in [-0.2, -0.15) is 0 Å². The third-order valence-electron chi connectivity index (χ3n) is 5.15.